The van der Waals surface area contributed by atoms with Crippen molar-refractivity contribution in [3.63, 3.8) is 0 Å². The molecule has 0 saturated heterocycles. The maximum absolute atomic E-state index is 12.3. The van der Waals surface area contributed by atoms with Crippen molar-refractivity contribution in [3.8, 4) is 11.5 Å². The lowest BCUT2D eigenvalue weighted by Crippen LogP contribution is -2.11. The Morgan fingerprint density at radius 2 is 1.92 bits per heavy atom. The molecular formula is C19H14N2O5. The van der Waals surface area contributed by atoms with E-state index in [9.17, 15) is 14.7 Å². The van der Waals surface area contributed by atoms with Crippen molar-refractivity contribution in [2.75, 3.05) is 12.1 Å². The van der Waals surface area contributed by atoms with E-state index in [-0.39, 0.29) is 18.2 Å². The monoisotopic (exact) mass is 350 g/mol. The second-order valence-electron chi connectivity index (χ2n) is 5.66. The van der Waals surface area contributed by atoms with Gasteiger partial charge < -0.3 is 24.9 Å². The lowest BCUT2D eigenvalue weighted by atomic mass is 10.2. The van der Waals surface area contributed by atoms with Gasteiger partial charge in [0, 0.05) is 17.0 Å². The summed E-state index contributed by atoms with van der Waals surface area (Å²) in [4.78, 5) is 26.5. The minimum absolute atomic E-state index is 0.0592. The average molecular weight is 350 g/mol. The molecular weight excluding hydrogens is 336 g/mol. The van der Waals surface area contributed by atoms with Crippen molar-refractivity contribution < 1.29 is 24.2 Å². The first-order valence-electron chi connectivity index (χ1n) is 7.84. The van der Waals surface area contributed by atoms with Crippen LogP contribution in [0.25, 0.3) is 17.0 Å². The molecule has 3 N–H and O–H groups in total. The van der Waals surface area contributed by atoms with E-state index < -0.39 is 11.9 Å². The Morgan fingerprint density at radius 3 is 2.77 bits per heavy atom. The minimum Gasteiger partial charge on any atom is -0.477 e. The number of carboxylic acid groups (broad SMARTS) is 1. The van der Waals surface area contributed by atoms with Crippen LogP contribution in [0.15, 0.2) is 48.5 Å². The van der Waals surface area contributed by atoms with Crippen molar-refractivity contribution >= 4 is 34.5 Å². The highest BCUT2D eigenvalue weighted by Crippen LogP contribution is 2.33. The van der Waals surface area contributed by atoms with Crippen LogP contribution in [0.2, 0.25) is 0 Å². The quantitative estimate of drug-likeness (QED) is 0.627. The summed E-state index contributed by atoms with van der Waals surface area (Å²) >= 11 is 0. The molecule has 2 heterocycles. The summed E-state index contributed by atoms with van der Waals surface area (Å²) in [5.41, 5.74) is 1.59. The van der Waals surface area contributed by atoms with E-state index in [1.54, 1.807) is 48.5 Å². The summed E-state index contributed by atoms with van der Waals surface area (Å²) in [7, 11) is 0. The molecule has 4 rings (SSSR count). The second kappa shape index (κ2) is 6.29. The van der Waals surface area contributed by atoms with Gasteiger partial charge in [0.2, 0.25) is 12.7 Å². The number of hydrogen-bond acceptors (Lipinski definition) is 4. The molecule has 0 unspecified atom stereocenters. The Labute approximate surface area is 147 Å². The van der Waals surface area contributed by atoms with Crippen LogP contribution in [0.3, 0.4) is 0 Å². The number of para-hydroxylation sites is 1. The maximum atomic E-state index is 12.3. The van der Waals surface area contributed by atoms with Crippen molar-refractivity contribution in [3.05, 3.63) is 59.8 Å². The first-order chi connectivity index (χ1) is 12.6. The van der Waals surface area contributed by atoms with Gasteiger partial charge in [0.05, 0.1) is 5.69 Å². The molecule has 0 radical (unpaired) electrons. The number of nitrogens with one attached hydrogen (secondary N) is 2. The van der Waals surface area contributed by atoms with Crippen LogP contribution in [-0.4, -0.2) is 28.8 Å². The van der Waals surface area contributed by atoms with Gasteiger partial charge in [-0.05, 0) is 29.8 Å². The number of benzene rings is 2. The maximum Gasteiger partial charge on any atom is 0.354 e. The largest absolute Gasteiger partial charge is 0.477 e. The summed E-state index contributed by atoms with van der Waals surface area (Å²) in [6.07, 6.45) is 2.96. The predicted molar refractivity (Wildman–Crippen MR) is 95.5 cm³/mol. The lowest BCUT2D eigenvalue weighted by Gasteiger charge is -2.03. The number of rotatable bonds is 4. The minimum atomic E-state index is -1.14. The van der Waals surface area contributed by atoms with Gasteiger partial charge in [-0.2, -0.15) is 0 Å². The second-order valence-corrected chi connectivity index (χ2v) is 5.66. The zero-order chi connectivity index (χ0) is 18.1. The third kappa shape index (κ3) is 2.86. The number of H-pyrrole nitrogens is 1. The third-order valence-electron chi connectivity index (χ3n) is 3.99. The summed E-state index contributed by atoms with van der Waals surface area (Å²) < 4.78 is 10.5. The molecule has 1 amide bonds. The zero-order valence-corrected chi connectivity index (χ0v) is 13.5. The molecule has 1 aromatic heterocycles. The number of carbonyl (C=O) groups excluding carboxylic acids is 1. The number of aromatic nitrogens is 1. The molecule has 7 heteroatoms. The average Bonchev–Trinajstić information content (AvgIpc) is 3.24. The van der Waals surface area contributed by atoms with Crippen molar-refractivity contribution in [2.24, 2.45) is 0 Å². The molecule has 0 atom stereocenters. The third-order valence-corrected chi connectivity index (χ3v) is 3.99. The smallest absolute Gasteiger partial charge is 0.354 e. The Kier molecular flexibility index (Phi) is 3.81. The number of aromatic amines is 1. The SMILES string of the molecule is O=C(/C=C/c1ccc2c(c1)OCO2)Nc1c(C(=O)O)[nH]c2ccccc12. The molecule has 0 bridgehead atoms. The van der Waals surface area contributed by atoms with Gasteiger partial charge >= 0.3 is 5.97 Å². The Hall–Kier alpha value is -3.74. The molecule has 7 nitrogen and oxygen atoms in total. The van der Waals surface area contributed by atoms with E-state index in [1.807, 2.05) is 0 Å². The number of ether oxygens (including phenoxy) is 2. The van der Waals surface area contributed by atoms with Crippen molar-refractivity contribution in [1.29, 1.82) is 0 Å². The van der Waals surface area contributed by atoms with Gasteiger partial charge in [-0.3, -0.25) is 4.79 Å². The summed E-state index contributed by atoms with van der Waals surface area (Å²) in [6.45, 7) is 0.182. The van der Waals surface area contributed by atoms with Gasteiger partial charge in [0.15, 0.2) is 11.5 Å². The number of carbonyl (C=O) groups is 2. The molecule has 130 valence electrons. The van der Waals surface area contributed by atoms with E-state index in [0.29, 0.717) is 22.4 Å². The highest BCUT2D eigenvalue weighted by molar-refractivity contribution is 6.13. The van der Waals surface area contributed by atoms with E-state index >= 15 is 0 Å². The number of carboxylic acids is 1. The molecule has 1 aliphatic heterocycles. The Bertz CT molecular complexity index is 1050. The molecule has 0 aliphatic carbocycles. The topological polar surface area (TPSA) is 101 Å². The van der Waals surface area contributed by atoms with Gasteiger partial charge in [-0.15, -0.1) is 0 Å². The fraction of sp³-hybridized carbons (Fsp3) is 0.0526. The van der Waals surface area contributed by atoms with E-state index in [2.05, 4.69) is 10.3 Å². The Morgan fingerprint density at radius 1 is 1.12 bits per heavy atom. The van der Waals surface area contributed by atoms with E-state index in [0.717, 1.165) is 5.56 Å². The van der Waals surface area contributed by atoms with Crippen LogP contribution in [0.4, 0.5) is 5.69 Å². The summed E-state index contributed by atoms with van der Waals surface area (Å²) in [5.74, 6) is -0.292. The van der Waals surface area contributed by atoms with Crippen LogP contribution in [-0.2, 0) is 4.79 Å². The van der Waals surface area contributed by atoms with Crippen molar-refractivity contribution in [1.82, 2.24) is 4.98 Å². The van der Waals surface area contributed by atoms with Gasteiger partial charge in [0.25, 0.3) is 0 Å². The van der Waals surface area contributed by atoms with Crippen LogP contribution < -0.4 is 14.8 Å². The summed E-state index contributed by atoms with van der Waals surface area (Å²) in [5, 5.41) is 12.6. The molecule has 0 fully saturated rings. The van der Waals surface area contributed by atoms with Crippen LogP contribution in [0.5, 0.6) is 11.5 Å². The fourth-order valence-corrected chi connectivity index (χ4v) is 2.79. The molecule has 0 spiro atoms. The van der Waals surface area contributed by atoms with Gasteiger partial charge in [0.1, 0.15) is 5.69 Å². The fourth-order valence-electron chi connectivity index (χ4n) is 2.79. The predicted octanol–water partition coefficient (Wildman–Crippen LogP) is 3.25. The molecule has 3 aromatic rings. The highest BCUT2D eigenvalue weighted by Gasteiger charge is 2.18. The first-order valence-corrected chi connectivity index (χ1v) is 7.84. The van der Waals surface area contributed by atoms with Gasteiger partial charge in [-0.25, -0.2) is 4.79 Å². The van der Waals surface area contributed by atoms with Crippen LogP contribution in [0.1, 0.15) is 16.1 Å². The number of fused-ring (bicyclic) bond motifs is 2. The van der Waals surface area contributed by atoms with Gasteiger partial charge in [-0.1, -0.05) is 24.3 Å². The van der Waals surface area contributed by atoms with E-state index in [1.165, 1.54) is 6.08 Å². The first kappa shape index (κ1) is 15.8. The highest BCUT2D eigenvalue weighted by atomic mass is 16.7. The van der Waals surface area contributed by atoms with Crippen LogP contribution >= 0.6 is 0 Å². The lowest BCUT2D eigenvalue weighted by molar-refractivity contribution is -0.111. The normalized spacial score (nSPS) is 12.6. The number of amides is 1. The van der Waals surface area contributed by atoms with Crippen molar-refractivity contribution in [2.45, 2.75) is 0 Å². The number of anilines is 1. The van der Waals surface area contributed by atoms with E-state index in [4.69, 9.17) is 9.47 Å². The molecule has 26 heavy (non-hydrogen) atoms. The zero-order valence-electron chi connectivity index (χ0n) is 13.5. The Balaban J connectivity index is 1.58. The molecule has 2 aromatic carbocycles. The molecule has 1 aliphatic rings. The molecule has 0 saturated carbocycles. The van der Waals surface area contributed by atoms with Crippen LogP contribution in [0, 0.1) is 0 Å². The standard InChI is InChI=1S/C19H14N2O5/c22-16(8-6-11-5-7-14-15(9-11)26-10-25-14)21-17-12-3-1-2-4-13(12)20-18(17)19(23)24/h1-9,20H,10H2,(H,21,22)(H,23,24)/b8-6+. The number of aromatic carboxylic acids is 1. The number of hydrogen-bond donors (Lipinski definition) is 3. The summed E-state index contributed by atoms with van der Waals surface area (Å²) in [6, 6.07) is 12.4.